The van der Waals surface area contributed by atoms with Gasteiger partial charge < -0.3 is 20.1 Å². The molecule has 0 unspecified atom stereocenters. The summed E-state index contributed by atoms with van der Waals surface area (Å²) in [7, 11) is 6.13. The summed E-state index contributed by atoms with van der Waals surface area (Å²) in [5, 5.41) is 2.86. The maximum absolute atomic E-state index is 13.2. The third-order valence-corrected chi connectivity index (χ3v) is 6.23. The summed E-state index contributed by atoms with van der Waals surface area (Å²) in [6.07, 6.45) is 2.60. The predicted molar refractivity (Wildman–Crippen MR) is 121 cm³/mol. The SMILES string of the molecule is [B]c1cccc2c1/C(=C/c1[nH]c3c(c1C)C(=O)N(CCN(CC)CC)CC3)C(=O)N2. The number of amides is 2. The second-order valence-corrected chi connectivity index (χ2v) is 7.87. The standard InChI is InChI=1S/C23H27BN4O2/c1-4-27(5-2)11-12-28-10-9-18-20(23(28)30)14(3)19(25-18)13-15-21-16(24)7-6-8-17(21)26-22(15)29/h6-8,13,25H,4-5,9-12H2,1-3H3,(H,26,29)/b15-13-. The molecule has 1 aromatic heterocycles. The van der Waals surface area contributed by atoms with Gasteiger partial charge in [0.2, 0.25) is 0 Å². The van der Waals surface area contributed by atoms with Gasteiger partial charge in [-0.1, -0.05) is 31.4 Å². The van der Waals surface area contributed by atoms with Gasteiger partial charge in [0, 0.05) is 48.7 Å². The van der Waals surface area contributed by atoms with Crippen molar-refractivity contribution in [3.8, 4) is 0 Å². The highest BCUT2D eigenvalue weighted by Crippen LogP contribution is 2.33. The maximum atomic E-state index is 13.2. The number of hydrogen-bond donors (Lipinski definition) is 2. The Kier molecular flexibility index (Phi) is 5.56. The van der Waals surface area contributed by atoms with Crippen LogP contribution in [-0.2, 0) is 11.2 Å². The maximum Gasteiger partial charge on any atom is 0.256 e. The Morgan fingerprint density at radius 3 is 2.70 bits per heavy atom. The van der Waals surface area contributed by atoms with Crippen LogP contribution in [0.3, 0.4) is 0 Å². The molecule has 0 atom stereocenters. The zero-order valence-electron chi connectivity index (χ0n) is 17.8. The number of rotatable bonds is 6. The van der Waals surface area contributed by atoms with Crippen LogP contribution in [0.2, 0.25) is 0 Å². The molecule has 6 nitrogen and oxygen atoms in total. The highest BCUT2D eigenvalue weighted by molar-refractivity contribution is 6.44. The first-order valence-electron chi connectivity index (χ1n) is 10.6. The van der Waals surface area contributed by atoms with Crippen molar-refractivity contribution in [1.82, 2.24) is 14.8 Å². The molecule has 0 saturated heterocycles. The molecule has 2 N–H and O–H groups in total. The van der Waals surface area contributed by atoms with Gasteiger partial charge in [0.1, 0.15) is 7.85 Å². The first kappa shape index (κ1) is 20.5. The zero-order valence-corrected chi connectivity index (χ0v) is 17.8. The predicted octanol–water partition coefficient (Wildman–Crippen LogP) is 1.95. The molecule has 0 spiro atoms. The number of H-pyrrole nitrogens is 1. The Morgan fingerprint density at radius 1 is 1.20 bits per heavy atom. The molecule has 1 aromatic carbocycles. The van der Waals surface area contributed by atoms with Crippen LogP contribution < -0.4 is 10.8 Å². The summed E-state index contributed by atoms with van der Waals surface area (Å²) >= 11 is 0. The van der Waals surface area contributed by atoms with Crippen molar-refractivity contribution < 1.29 is 9.59 Å². The monoisotopic (exact) mass is 402 g/mol. The van der Waals surface area contributed by atoms with Crippen molar-refractivity contribution in [2.24, 2.45) is 0 Å². The van der Waals surface area contributed by atoms with Crippen molar-refractivity contribution in [2.75, 3.05) is 38.0 Å². The highest BCUT2D eigenvalue weighted by Gasteiger charge is 2.30. The minimum atomic E-state index is -0.179. The molecule has 2 aliphatic heterocycles. The number of nitrogens with one attached hydrogen (secondary N) is 2. The lowest BCUT2D eigenvalue weighted by molar-refractivity contribution is -0.110. The number of aromatic amines is 1. The van der Waals surface area contributed by atoms with Crippen LogP contribution in [0.5, 0.6) is 0 Å². The second kappa shape index (κ2) is 8.15. The van der Waals surface area contributed by atoms with E-state index in [1.807, 2.05) is 30.0 Å². The molecule has 3 heterocycles. The highest BCUT2D eigenvalue weighted by atomic mass is 16.2. The topological polar surface area (TPSA) is 68.4 Å². The van der Waals surface area contributed by atoms with Gasteiger partial charge in [0.05, 0.1) is 11.1 Å². The van der Waals surface area contributed by atoms with E-state index < -0.39 is 0 Å². The van der Waals surface area contributed by atoms with Crippen LogP contribution in [0.1, 0.15) is 46.7 Å². The molecule has 0 aliphatic carbocycles. The Labute approximate surface area is 178 Å². The van der Waals surface area contributed by atoms with Crippen LogP contribution in [0.4, 0.5) is 5.69 Å². The smallest absolute Gasteiger partial charge is 0.256 e. The van der Waals surface area contributed by atoms with E-state index in [4.69, 9.17) is 7.85 Å². The Bertz CT molecular complexity index is 1040. The summed E-state index contributed by atoms with van der Waals surface area (Å²) < 4.78 is 0. The molecule has 2 amide bonds. The number of aromatic nitrogens is 1. The molecule has 0 saturated carbocycles. The first-order chi connectivity index (χ1) is 14.4. The second-order valence-electron chi connectivity index (χ2n) is 7.87. The van der Waals surface area contributed by atoms with Crippen molar-refractivity contribution in [2.45, 2.75) is 27.2 Å². The average molecular weight is 402 g/mol. The minimum Gasteiger partial charge on any atom is -0.358 e. The van der Waals surface area contributed by atoms with Crippen LogP contribution in [0.25, 0.3) is 11.6 Å². The van der Waals surface area contributed by atoms with E-state index in [0.29, 0.717) is 17.6 Å². The fraction of sp³-hybridized carbons (Fsp3) is 0.391. The summed E-state index contributed by atoms with van der Waals surface area (Å²) in [6, 6.07) is 5.45. The molecule has 4 rings (SSSR count). The van der Waals surface area contributed by atoms with Crippen LogP contribution in [0.15, 0.2) is 18.2 Å². The van der Waals surface area contributed by atoms with Gasteiger partial charge in [-0.05, 0) is 37.7 Å². The third-order valence-electron chi connectivity index (χ3n) is 6.23. The summed E-state index contributed by atoms with van der Waals surface area (Å²) in [6.45, 7) is 10.5. The Balaban J connectivity index is 1.63. The summed E-state index contributed by atoms with van der Waals surface area (Å²) in [5.74, 6) is -0.111. The number of anilines is 1. The largest absolute Gasteiger partial charge is 0.358 e. The van der Waals surface area contributed by atoms with E-state index in [9.17, 15) is 9.59 Å². The number of carbonyl (C=O) groups excluding carboxylic acids is 2. The van der Waals surface area contributed by atoms with E-state index in [2.05, 4.69) is 29.0 Å². The average Bonchev–Trinajstić information content (AvgIpc) is 3.22. The molecule has 154 valence electrons. The van der Waals surface area contributed by atoms with Crippen LogP contribution in [0, 0.1) is 6.92 Å². The van der Waals surface area contributed by atoms with Gasteiger partial charge >= 0.3 is 0 Å². The van der Waals surface area contributed by atoms with Gasteiger partial charge in [0.25, 0.3) is 11.8 Å². The lowest BCUT2D eigenvalue weighted by atomic mass is 9.87. The van der Waals surface area contributed by atoms with E-state index in [-0.39, 0.29) is 11.8 Å². The fourth-order valence-electron chi connectivity index (χ4n) is 4.38. The molecular weight excluding hydrogens is 375 g/mol. The molecule has 7 heteroatoms. The van der Waals surface area contributed by atoms with Crippen LogP contribution >= 0.6 is 0 Å². The van der Waals surface area contributed by atoms with Gasteiger partial charge in [-0.2, -0.15) is 0 Å². The van der Waals surface area contributed by atoms with Gasteiger partial charge in [-0.3, -0.25) is 9.59 Å². The summed E-state index contributed by atoms with van der Waals surface area (Å²) in [4.78, 5) is 33.3. The molecule has 30 heavy (non-hydrogen) atoms. The quantitative estimate of drug-likeness (QED) is 0.574. The lowest BCUT2D eigenvalue weighted by Crippen LogP contribution is -2.42. The van der Waals surface area contributed by atoms with Crippen LogP contribution in [-0.4, -0.2) is 67.2 Å². The zero-order chi connectivity index (χ0) is 21.4. The molecular formula is C23H27BN4O2. The Hall–Kier alpha value is -2.80. The van der Waals surface area contributed by atoms with Crippen molar-refractivity contribution >= 4 is 42.5 Å². The number of hydrogen-bond acceptors (Lipinski definition) is 3. The van der Waals surface area contributed by atoms with Gasteiger partial charge in [-0.15, -0.1) is 0 Å². The van der Waals surface area contributed by atoms with Crippen molar-refractivity contribution in [3.05, 3.63) is 46.3 Å². The normalized spacial score (nSPS) is 16.9. The first-order valence-corrected chi connectivity index (χ1v) is 10.6. The molecule has 2 radical (unpaired) electrons. The van der Waals surface area contributed by atoms with E-state index >= 15 is 0 Å². The lowest BCUT2D eigenvalue weighted by Gasteiger charge is -2.29. The van der Waals surface area contributed by atoms with Crippen molar-refractivity contribution in [3.63, 3.8) is 0 Å². The van der Waals surface area contributed by atoms with Gasteiger partial charge in [0.15, 0.2) is 0 Å². The van der Waals surface area contributed by atoms with Crippen molar-refractivity contribution in [1.29, 1.82) is 0 Å². The number of likely N-dealkylation sites (N-methyl/N-ethyl adjacent to an activating group) is 1. The number of fused-ring (bicyclic) bond motifs is 2. The van der Waals surface area contributed by atoms with E-state index in [0.717, 1.165) is 66.4 Å². The number of nitrogens with zero attached hydrogens (tertiary/aromatic N) is 2. The Morgan fingerprint density at radius 2 is 1.97 bits per heavy atom. The molecule has 2 aromatic rings. The van der Waals surface area contributed by atoms with Gasteiger partial charge in [-0.25, -0.2) is 0 Å². The molecule has 2 aliphatic rings. The summed E-state index contributed by atoms with van der Waals surface area (Å²) in [5.41, 5.74) is 5.89. The minimum absolute atomic E-state index is 0.0672. The molecule has 0 bridgehead atoms. The number of carbonyl (C=O) groups is 2. The fourth-order valence-corrected chi connectivity index (χ4v) is 4.38. The third kappa shape index (κ3) is 3.47. The van der Waals surface area contributed by atoms with E-state index in [1.165, 1.54) is 0 Å². The number of benzene rings is 1. The van der Waals surface area contributed by atoms with E-state index in [1.54, 1.807) is 6.07 Å². The molecule has 0 fully saturated rings.